The summed E-state index contributed by atoms with van der Waals surface area (Å²) < 4.78 is 10.6. The number of hydrogen-bond donors (Lipinski definition) is 1. The van der Waals surface area contributed by atoms with Crippen LogP contribution in [0.4, 0.5) is 11.6 Å². The maximum absolute atomic E-state index is 12.7. The molecule has 0 fully saturated rings. The largest absolute Gasteiger partial charge is 0.497 e. The van der Waals surface area contributed by atoms with E-state index in [1.807, 2.05) is 12.1 Å². The lowest BCUT2D eigenvalue weighted by Crippen LogP contribution is -2.29. The predicted octanol–water partition coefficient (Wildman–Crippen LogP) is 2.95. The third-order valence-corrected chi connectivity index (χ3v) is 4.36. The van der Waals surface area contributed by atoms with Gasteiger partial charge in [-0.15, -0.1) is 0 Å². The fourth-order valence-electron chi connectivity index (χ4n) is 2.71. The number of benzene rings is 1. The number of carbonyl (C=O) groups is 1. The van der Waals surface area contributed by atoms with Crippen LogP contribution < -0.4 is 14.8 Å². The molecule has 1 amide bonds. The zero-order valence-electron chi connectivity index (χ0n) is 16.6. The molecule has 29 heavy (non-hydrogen) atoms. The van der Waals surface area contributed by atoms with Crippen LogP contribution in [0.5, 0.6) is 11.5 Å². The lowest BCUT2D eigenvalue weighted by atomic mass is 10.2. The molecule has 8 nitrogen and oxygen atoms in total. The standard InChI is InChI=1S/C21H23N5O3/c1-26(13-9-15-6-10-22-11-7-15)20(27)17-8-12-23-21(24-17)25-18-14-16(28-2)4-5-19(18)29-3/h4-8,10-12,14H,9,13H2,1-3H3,(H,23,24,25). The predicted molar refractivity (Wildman–Crippen MR) is 110 cm³/mol. The zero-order chi connectivity index (χ0) is 20.6. The van der Waals surface area contributed by atoms with Crippen molar-refractivity contribution < 1.29 is 14.3 Å². The maximum Gasteiger partial charge on any atom is 0.272 e. The van der Waals surface area contributed by atoms with Crippen molar-refractivity contribution in [3.63, 3.8) is 0 Å². The molecule has 0 aliphatic carbocycles. The van der Waals surface area contributed by atoms with E-state index in [1.165, 1.54) is 0 Å². The molecule has 8 heteroatoms. The topological polar surface area (TPSA) is 89.5 Å². The van der Waals surface area contributed by atoms with Crippen LogP contribution in [0.1, 0.15) is 16.1 Å². The van der Waals surface area contributed by atoms with E-state index in [0.717, 1.165) is 12.0 Å². The number of carbonyl (C=O) groups excluding carboxylic acids is 1. The van der Waals surface area contributed by atoms with E-state index in [-0.39, 0.29) is 5.91 Å². The summed E-state index contributed by atoms with van der Waals surface area (Å²) >= 11 is 0. The minimum atomic E-state index is -0.179. The van der Waals surface area contributed by atoms with Crippen molar-refractivity contribution in [2.45, 2.75) is 6.42 Å². The van der Waals surface area contributed by atoms with Crippen LogP contribution in [-0.4, -0.2) is 53.6 Å². The molecule has 150 valence electrons. The molecular weight excluding hydrogens is 370 g/mol. The van der Waals surface area contributed by atoms with Crippen LogP contribution in [0, 0.1) is 0 Å². The molecule has 1 N–H and O–H groups in total. The molecule has 0 bridgehead atoms. The number of nitrogens with zero attached hydrogens (tertiary/aromatic N) is 4. The average molecular weight is 393 g/mol. The molecule has 3 rings (SSSR count). The third-order valence-electron chi connectivity index (χ3n) is 4.36. The number of nitrogens with one attached hydrogen (secondary N) is 1. The Labute approximate surface area is 169 Å². The Morgan fingerprint density at radius 2 is 1.86 bits per heavy atom. The van der Waals surface area contributed by atoms with E-state index in [0.29, 0.717) is 35.4 Å². The highest BCUT2D eigenvalue weighted by Gasteiger charge is 2.15. The second kappa shape index (κ2) is 9.50. The van der Waals surface area contributed by atoms with Gasteiger partial charge in [-0.05, 0) is 42.3 Å². The lowest BCUT2D eigenvalue weighted by molar-refractivity contribution is 0.0791. The Morgan fingerprint density at radius 3 is 2.59 bits per heavy atom. The number of pyridine rings is 1. The van der Waals surface area contributed by atoms with Crippen LogP contribution in [0.3, 0.4) is 0 Å². The van der Waals surface area contributed by atoms with E-state index < -0.39 is 0 Å². The number of methoxy groups -OCH3 is 2. The van der Waals surface area contributed by atoms with Gasteiger partial charge in [0.1, 0.15) is 17.2 Å². The SMILES string of the molecule is COc1ccc(OC)c(Nc2nccc(C(=O)N(C)CCc3ccncc3)n2)c1. The molecule has 0 spiro atoms. The smallest absolute Gasteiger partial charge is 0.272 e. The number of rotatable bonds is 8. The molecule has 2 heterocycles. The van der Waals surface area contributed by atoms with Crippen molar-refractivity contribution in [2.24, 2.45) is 0 Å². The van der Waals surface area contributed by atoms with E-state index in [2.05, 4.69) is 20.3 Å². The highest BCUT2D eigenvalue weighted by molar-refractivity contribution is 5.92. The molecule has 1 aromatic carbocycles. The van der Waals surface area contributed by atoms with Crippen molar-refractivity contribution in [1.82, 2.24) is 19.9 Å². The van der Waals surface area contributed by atoms with Gasteiger partial charge in [0.2, 0.25) is 5.95 Å². The van der Waals surface area contributed by atoms with Gasteiger partial charge in [0, 0.05) is 38.2 Å². The van der Waals surface area contributed by atoms with Gasteiger partial charge in [-0.3, -0.25) is 9.78 Å². The van der Waals surface area contributed by atoms with Crippen molar-refractivity contribution >= 4 is 17.5 Å². The number of amides is 1. The minimum Gasteiger partial charge on any atom is -0.497 e. The average Bonchev–Trinajstić information content (AvgIpc) is 2.77. The molecule has 0 unspecified atom stereocenters. The Kier molecular flexibility index (Phi) is 6.57. The van der Waals surface area contributed by atoms with E-state index in [9.17, 15) is 4.79 Å². The summed E-state index contributed by atoms with van der Waals surface area (Å²) in [6.45, 7) is 0.569. The quantitative estimate of drug-likeness (QED) is 0.629. The highest BCUT2D eigenvalue weighted by atomic mass is 16.5. The van der Waals surface area contributed by atoms with Gasteiger partial charge < -0.3 is 19.7 Å². The third kappa shape index (κ3) is 5.19. The number of hydrogen-bond acceptors (Lipinski definition) is 7. The monoisotopic (exact) mass is 393 g/mol. The number of aromatic nitrogens is 3. The Balaban J connectivity index is 1.71. The first-order chi connectivity index (χ1) is 14.1. The molecule has 0 saturated carbocycles. The van der Waals surface area contributed by atoms with Crippen molar-refractivity contribution in [1.29, 1.82) is 0 Å². The Hall–Kier alpha value is -3.68. The van der Waals surface area contributed by atoms with Gasteiger partial charge in [-0.2, -0.15) is 0 Å². The lowest BCUT2D eigenvalue weighted by Gasteiger charge is -2.17. The Bertz CT molecular complexity index is 966. The molecule has 0 atom stereocenters. The molecule has 0 saturated heterocycles. The van der Waals surface area contributed by atoms with E-state index in [1.54, 1.807) is 69.0 Å². The molecule has 0 radical (unpaired) electrons. The van der Waals surface area contributed by atoms with E-state index in [4.69, 9.17) is 9.47 Å². The fourth-order valence-corrected chi connectivity index (χ4v) is 2.71. The van der Waals surface area contributed by atoms with Gasteiger partial charge in [0.05, 0.1) is 19.9 Å². The molecular formula is C21H23N5O3. The van der Waals surface area contributed by atoms with Crippen molar-refractivity contribution in [3.8, 4) is 11.5 Å². The van der Waals surface area contributed by atoms with Crippen LogP contribution in [0.2, 0.25) is 0 Å². The number of likely N-dealkylation sites (N-methyl/N-ethyl adjacent to an activating group) is 1. The first kappa shape index (κ1) is 20.1. The van der Waals surface area contributed by atoms with Gasteiger partial charge >= 0.3 is 0 Å². The summed E-state index contributed by atoms with van der Waals surface area (Å²) in [7, 11) is 4.92. The summed E-state index contributed by atoms with van der Waals surface area (Å²) in [4.78, 5) is 26.9. The molecule has 3 aromatic rings. The normalized spacial score (nSPS) is 10.3. The highest BCUT2D eigenvalue weighted by Crippen LogP contribution is 2.30. The van der Waals surface area contributed by atoms with Crippen LogP contribution in [0.25, 0.3) is 0 Å². The number of anilines is 2. The second-order valence-electron chi connectivity index (χ2n) is 6.29. The first-order valence-electron chi connectivity index (χ1n) is 9.07. The van der Waals surface area contributed by atoms with Gasteiger partial charge in [0.15, 0.2) is 0 Å². The van der Waals surface area contributed by atoms with E-state index >= 15 is 0 Å². The van der Waals surface area contributed by atoms with Crippen LogP contribution in [0.15, 0.2) is 55.0 Å². The summed E-state index contributed by atoms with van der Waals surface area (Å²) in [6, 6.07) is 10.8. The molecule has 0 aliphatic heterocycles. The summed E-state index contributed by atoms with van der Waals surface area (Å²) in [5.41, 5.74) is 2.07. The van der Waals surface area contributed by atoms with Gasteiger partial charge in [0.25, 0.3) is 5.91 Å². The summed E-state index contributed by atoms with van der Waals surface area (Å²) in [6.07, 6.45) is 5.77. The molecule has 0 aliphatic rings. The maximum atomic E-state index is 12.7. The molecule has 2 aromatic heterocycles. The van der Waals surface area contributed by atoms with Crippen molar-refractivity contribution in [2.75, 3.05) is 33.1 Å². The Morgan fingerprint density at radius 1 is 1.07 bits per heavy atom. The van der Waals surface area contributed by atoms with Gasteiger partial charge in [-0.1, -0.05) is 0 Å². The van der Waals surface area contributed by atoms with Gasteiger partial charge in [-0.25, -0.2) is 9.97 Å². The summed E-state index contributed by atoms with van der Waals surface area (Å²) in [5, 5.41) is 3.09. The zero-order valence-corrected chi connectivity index (χ0v) is 16.6. The minimum absolute atomic E-state index is 0.179. The van der Waals surface area contributed by atoms with Crippen LogP contribution in [-0.2, 0) is 6.42 Å². The first-order valence-corrected chi connectivity index (χ1v) is 9.07. The van der Waals surface area contributed by atoms with Crippen LogP contribution >= 0.6 is 0 Å². The second-order valence-corrected chi connectivity index (χ2v) is 6.29. The number of ether oxygens (including phenoxy) is 2. The summed E-state index contributed by atoms with van der Waals surface area (Å²) in [5.74, 6) is 1.39. The fraction of sp³-hybridized carbons (Fsp3) is 0.238. The van der Waals surface area contributed by atoms with Crippen molar-refractivity contribution in [3.05, 3.63) is 66.2 Å².